The Morgan fingerprint density at radius 1 is 1.40 bits per heavy atom. The third kappa shape index (κ3) is 3.84. The van der Waals surface area contributed by atoms with E-state index >= 15 is 0 Å². The van der Waals surface area contributed by atoms with Crippen LogP contribution >= 0.6 is 0 Å². The number of hydrogen-bond acceptors (Lipinski definition) is 3. The first-order valence-corrected chi connectivity index (χ1v) is 7.89. The van der Waals surface area contributed by atoms with Crippen LogP contribution in [0.4, 0.5) is 13.2 Å². The number of halogens is 3. The van der Waals surface area contributed by atoms with Gasteiger partial charge >= 0.3 is 6.18 Å². The van der Waals surface area contributed by atoms with Crippen LogP contribution in [-0.4, -0.2) is 26.9 Å². The minimum absolute atomic E-state index is 0.0222. The molecule has 1 aromatic carbocycles. The number of carbonyl (C=O) groups excluding carboxylic acids is 1. The largest absolute Gasteiger partial charge is 0.416 e. The molecule has 1 aromatic heterocycles. The zero-order valence-corrected chi connectivity index (χ0v) is 13.5. The predicted molar refractivity (Wildman–Crippen MR) is 83.6 cm³/mol. The zero-order chi connectivity index (χ0) is 18.2. The molecule has 1 amide bonds. The molecule has 2 N–H and O–H groups in total. The molecule has 1 unspecified atom stereocenters. The second-order valence-electron chi connectivity index (χ2n) is 6.36. The van der Waals surface area contributed by atoms with Gasteiger partial charge in [-0.25, -0.2) is 0 Å². The summed E-state index contributed by atoms with van der Waals surface area (Å²) in [5, 5.41) is 16.4. The fourth-order valence-corrected chi connectivity index (χ4v) is 3.04. The summed E-state index contributed by atoms with van der Waals surface area (Å²) in [6.45, 7) is 0. The number of nitrogens with one attached hydrogen (secondary N) is 1. The van der Waals surface area contributed by atoms with Gasteiger partial charge in [-0.15, -0.1) is 0 Å². The first-order valence-electron chi connectivity index (χ1n) is 7.89. The number of aryl methyl sites for hydroxylation is 1. The van der Waals surface area contributed by atoms with E-state index in [2.05, 4.69) is 10.4 Å². The van der Waals surface area contributed by atoms with Crippen molar-refractivity contribution in [2.24, 2.45) is 13.0 Å². The molecule has 0 aliphatic heterocycles. The highest BCUT2D eigenvalue weighted by Crippen LogP contribution is 2.38. The summed E-state index contributed by atoms with van der Waals surface area (Å²) in [6.07, 6.45) is -0.486. The highest BCUT2D eigenvalue weighted by atomic mass is 19.4. The lowest BCUT2D eigenvalue weighted by molar-refractivity contribution is -0.137. The SMILES string of the molecule is Cn1cc(C(NC(=O)c2cccc(C(F)(F)F)c2)C2CC(O)C2)cn1. The fourth-order valence-electron chi connectivity index (χ4n) is 3.04. The van der Waals surface area contributed by atoms with E-state index in [1.165, 1.54) is 12.1 Å². The van der Waals surface area contributed by atoms with E-state index in [0.29, 0.717) is 12.8 Å². The minimum atomic E-state index is -4.50. The van der Waals surface area contributed by atoms with E-state index in [-0.39, 0.29) is 11.5 Å². The van der Waals surface area contributed by atoms with Gasteiger partial charge in [0.05, 0.1) is 23.9 Å². The number of aromatic nitrogens is 2. The first-order chi connectivity index (χ1) is 11.7. The number of rotatable bonds is 4. The van der Waals surface area contributed by atoms with Crippen LogP contribution in [0.2, 0.25) is 0 Å². The monoisotopic (exact) mass is 353 g/mol. The van der Waals surface area contributed by atoms with Crippen LogP contribution in [0.1, 0.15) is 40.4 Å². The van der Waals surface area contributed by atoms with E-state index in [1.54, 1.807) is 24.1 Å². The number of aliphatic hydroxyl groups is 1. The molecule has 1 atom stereocenters. The molecule has 5 nitrogen and oxygen atoms in total. The van der Waals surface area contributed by atoms with Crippen LogP contribution in [0.25, 0.3) is 0 Å². The molecule has 0 spiro atoms. The van der Waals surface area contributed by atoms with Crippen molar-refractivity contribution in [3.63, 3.8) is 0 Å². The zero-order valence-electron chi connectivity index (χ0n) is 13.5. The van der Waals surface area contributed by atoms with Crippen LogP contribution in [0.3, 0.4) is 0 Å². The molecular weight excluding hydrogens is 335 g/mol. The van der Waals surface area contributed by atoms with Crippen molar-refractivity contribution >= 4 is 5.91 Å². The Hall–Kier alpha value is -2.35. The van der Waals surface area contributed by atoms with Crippen molar-refractivity contribution in [2.75, 3.05) is 0 Å². The number of alkyl halides is 3. The summed E-state index contributed by atoms with van der Waals surface area (Å²) in [4.78, 5) is 12.5. The second-order valence-corrected chi connectivity index (χ2v) is 6.36. The summed E-state index contributed by atoms with van der Waals surface area (Å²) in [5.41, 5.74) is -0.152. The summed E-state index contributed by atoms with van der Waals surface area (Å²) in [7, 11) is 1.74. The van der Waals surface area contributed by atoms with E-state index < -0.39 is 29.8 Å². The van der Waals surface area contributed by atoms with Gasteiger partial charge in [0.25, 0.3) is 5.91 Å². The maximum absolute atomic E-state index is 12.8. The van der Waals surface area contributed by atoms with Gasteiger partial charge in [0, 0.05) is 24.4 Å². The van der Waals surface area contributed by atoms with Crippen molar-refractivity contribution in [2.45, 2.75) is 31.2 Å². The predicted octanol–water partition coefficient (Wildman–Crippen LogP) is 2.68. The molecule has 2 aromatic rings. The van der Waals surface area contributed by atoms with E-state index in [9.17, 15) is 23.1 Å². The Morgan fingerprint density at radius 3 is 2.68 bits per heavy atom. The highest BCUT2D eigenvalue weighted by Gasteiger charge is 2.37. The van der Waals surface area contributed by atoms with E-state index in [4.69, 9.17) is 0 Å². The van der Waals surface area contributed by atoms with Crippen molar-refractivity contribution in [3.05, 3.63) is 53.3 Å². The summed E-state index contributed by atoms with van der Waals surface area (Å²) in [6, 6.07) is 3.92. The number of hydrogen-bond donors (Lipinski definition) is 2. The molecular formula is C17H18F3N3O2. The molecule has 0 radical (unpaired) electrons. The van der Waals surface area contributed by atoms with Gasteiger partial charge in [0.15, 0.2) is 0 Å². The normalized spacial score (nSPS) is 21.5. The Bertz CT molecular complexity index is 766. The molecule has 1 aliphatic rings. The van der Waals surface area contributed by atoms with Crippen LogP contribution in [0.5, 0.6) is 0 Å². The molecule has 134 valence electrons. The molecule has 1 heterocycles. The second kappa shape index (κ2) is 6.51. The minimum Gasteiger partial charge on any atom is -0.393 e. The smallest absolute Gasteiger partial charge is 0.393 e. The lowest BCUT2D eigenvalue weighted by atomic mass is 9.75. The summed E-state index contributed by atoms with van der Waals surface area (Å²) < 4.78 is 40.1. The molecule has 25 heavy (non-hydrogen) atoms. The van der Waals surface area contributed by atoms with Crippen LogP contribution in [-0.2, 0) is 13.2 Å². The van der Waals surface area contributed by atoms with Crippen molar-refractivity contribution in [3.8, 4) is 0 Å². The number of benzene rings is 1. The lowest BCUT2D eigenvalue weighted by Gasteiger charge is -2.37. The standard InChI is InChI=1S/C17H18F3N3O2/c1-23-9-12(8-21-23)15(11-6-14(24)7-11)22-16(25)10-3-2-4-13(5-10)17(18,19)20/h2-5,8-9,11,14-15,24H,6-7H2,1H3,(H,22,25). The van der Waals surface area contributed by atoms with Crippen LogP contribution in [0, 0.1) is 5.92 Å². The van der Waals surface area contributed by atoms with E-state index in [1.807, 2.05) is 0 Å². The maximum atomic E-state index is 12.8. The molecule has 1 saturated carbocycles. The third-order valence-electron chi connectivity index (χ3n) is 4.44. The average molecular weight is 353 g/mol. The van der Waals surface area contributed by atoms with Gasteiger partial charge in [0.2, 0.25) is 0 Å². The van der Waals surface area contributed by atoms with Crippen LogP contribution in [0.15, 0.2) is 36.7 Å². The lowest BCUT2D eigenvalue weighted by Crippen LogP contribution is -2.41. The Kier molecular flexibility index (Phi) is 4.55. The summed E-state index contributed by atoms with van der Waals surface area (Å²) in [5.74, 6) is -0.560. The Morgan fingerprint density at radius 2 is 2.12 bits per heavy atom. The van der Waals surface area contributed by atoms with Crippen molar-refractivity contribution in [1.29, 1.82) is 0 Å². The molecule has 8 heteroatoms. The van der Waals surface area contributed by atoms with Gasteiger partial charge in [-0.3, -0.25) is 9.48 Å². The van der Waals surface area contributed by atoms with Crippen molar-refractivity contribution in [1.82, 2.24) is 15.1 Å². The Balaban J connectivity index is 1.81. The number of amides is 1. The molecule has 0 saturated heterocycles. The number of nitrogens with zero attached hydrogens (tertiary/aromatic N) is 2. The van der Waals surface area contributed by atoms with Gasteiger partial charge < -0.3 is 10.4 Å². The van der Waals surface area contributed by atoms with Gasteiger partial charge in [-0.1, -0.05) is 6.07 Å². The van der Waals surface area contributed by atoms with E-state index in [0.717, 1.165) is 17.7 Å². The third-order valence-corrected chi connectivity index (χ3v) is 4.44. The Labute approximate surface area is 142 Å². The van der Waals surface area contributed by atoms with Crippen molar-refractivity contribution < 1.29 is 23.1 Å². The number of aliphatic hydroxyl groups excluding tert-OH is 1. The maximum Gasteiger partial charge on any atom is 0.416 e. The summed E-state index contributed by atoms with van der Waals surface area (Å²) >= 11 is 0. The van der Waals surface area contributed by atoms with Crippen LogP contribution < -0.4 is 5.32 Å². The topological polar surface area (TPSA) is 67.2 Å². The molecule has 1 aliphatic carbocycles. The van der Waals surface area contributed by atoms with Gasteiger partial charge in [-0.05, 0) is 37.0 Å². The average Bonchev–Trinajstić information content (AvgIpc) is 2.95. The highest BCUT2D eigenvalue weighted by molar-refractivity contribution is 5.94. The van der Waals surface area contributed by atoms with Gasteiger partial charge in [-0.2, -0.15) is 18.3 Å². The quantitative estimate of drug-likeness (QED) is 0.888. The van der Waals surface area contributed by atoms with Gasteiger partial charge in [0.1, 0.15) is 0 Å². The molecule has 1 fully saturated rings. The first kappa shape index (κ1) is 17.5. The fraction of sp³-hybridized carbons (Fsp3) is 0.412. The number of carbonyl (C=O) groups is 1. The molecule has 3 rings (SSSR count). The molecule has 0 bridgehead atoms.